The number of nitrogens with zero attached hydrogens (tertiary/aromatic N) is 5. The Balaban J connectivity index is 1.42. The van der Waals surface area contributed by atoms with Crippen molar-refractivity contribution < 1.29 is 9.53 Å². The molecule has 0 N–H and O–H groups in total. The van der Waals surface area contributed by atoms with Gasteiger partial charge in [0, 0.05) is 55.8 Å². The van der Waals surface area contributed by atoms with E-state index in [1.807, 2.05) is 47.5 Å². The van der Waals surface area contributed by atoms with E-state index in [1.54, 1.807) is 19.5 Å². The molecule has 7 nitrogen and oxygen atoms in total. The fourth-order valence-electron chi connectivity index (χ4n) is 3.31. The lowest BCUT2D eigenvalue weighted by atomic mass is 10.0. The van der Waals surface area contributed by atoms with Crippen LogP contribution in [0.1, 0.15) is 10.4 Å². The van der Waals surface area contributed by atoms with Crippen LogP contribution in [-0.4, -0.2) is 59.0 Å². The van der Waals surface area contributed by atoms with Gasteiger partial charge in [-0.15, -0.1) is 0 Å². The molecule has 142 valence electrons. The van der Waals surface area contributed by atoms with Gasteiger partial charge in [-0.05, 0) is 23.8 Å². The maximum Gasteiger partial charge on any atom is 0.253 e. The second kappa shape index (κ2) is 8.04. The summed E-state index contributed by atoms with van der Waals surface area (Å²) in [4.78, 5) is 29.4. The fourth-order valence-corrected chi connectivity index (χ4v) is 3.31. The lowest BCUT2D eigenvalue weighted by Gasteiger charge is -2.36. The van der Waals surface area contributed by atoms with Gasteiger partial charge in [0.2, 0.25) is 5.88 Å². The van der Waals surface area contributed by atoms with Gasteiger partial charge < -0.3 is 14.5 Å². The molecule has 28 heavy (non-hydrogen) atoms. The molecule has 1 saturated heterocycles. The third kappa shape index (κ3) is 3.78. The number of carbonyl (C=O) groups excluding carboxylic acids is 1. The largest absolute Gasteiger partial charge is 0.481 e. The van der Waals surface area contributed by atoms with Crippen molar-refractivity contribution in [1.29, 1.82) is 0 Å². The van der Waals surface area contributed by atoms with Crippen molar-refractivity contribution in [2.75, 3.05) is 38.2 Å². The van der Waals surface area contributed by atoms with Crippen LogP contribution in [0, 0.1) is 0 Å². The number of ether oxygens (including phenoxy) is 1. The van der Waals surface area contributed by atoms with Gasteiger partial charge in [-0.3, -0.25) is 4.79 Å². The van der Waals surface area contributed by atoms with Crippen LogP contribution in [0.25, 0.3) is 11.1 Å². The van der Waals surface area contributed by atoms with Crippen molar-refractivity contribution in [3.8, 4) is 17.0 Å². The molecule has 1 aliphatic heterocycles. The van der Waals surface area contributed by atoms with Crippen LogP contribution in [0.3, 0.4) is 0 Å². The predicted molar refractivity (Wildman–Crippen MR) is 106 cm³/mol. The van der Waals surface area contributed by atoms with E-state index in [0.29, 0.717) is 24.5 Å². The molecule has 0 spiro atoms. The molecule has 0 radical (unpaired) electrons. The number of hydrogen-bond donors (Lipinski definition) is 0. The number of benzene rings is 1. The first-order valence-electron chi connectivity index (χ1n) is 9.14. The van der Waals surface area contributed by atoms with E-state index in [-0.39, 0.29) is 5.91 Å². The summed E-state index contributed by atoms with van der Waals surface area (Å²) in [5.74, 6) is 0.646. The van der Waals surface area contributed by atoms with E-state index < -0.39 is 0 Å². The minimum absolute atomic E-state index is 0.0474. The van der Waals surface area contributed by atoms with E-state index in [0.717, 1.165) is 29.9 Å². The smallest absolute Gasteiger partial charge is 0.253 e. The first kappa shape index (κ1) is 17.9. The molecule has 3 aromatic rings. The second-order valence-electron chi connectivity index (χ2n) is 6.55. The average molecular weight is 375 g/mol. The van der Waals surface area contributed by atoms with Gasteiger partial charge in [0.05, 0.1) is 19.0 Å². The highest BCUT2D eigenvalue weighted by molar-refractivity contribution is 5.95. The van der Waals surface area contributed by atoms with E-state index in [4.69, 9.17) is 4.74 Å². The van der Waals surface area contributed by atoms with Gasteiger partial charge in [0.25, 0.3) is 5.91 Å². The summed E-state index contributed by atoms with van der Waals surface area (Å²) in [5, 5.41) is 0. The highest BCUT2D eigenvalue weighted by Gasteiger charge is 2.22. The average Bonchev–Trinajstić information content (AvgIpc) is 2.79. The molecule has 0 unspecified atom stereocenters. The lowest BCUT2D eigenvalue weighted by Crippen LogP contribution is -2.48. The van der Waals surface area contributed by atoms with Crippen molar-refractivity contribution in [3.63, 3.8) is 0 Å². The number of pyridine rings is 1. The molecular formula is C21H21N5O2. The first-order valence-corrected chi connectivity index (χ1v) is 9.14. The molecule has 0 aliphatic carbocycles. The van der Waals surface area contributed by atoms with Crippen LogP contribution in [0.4, 0.5) is 5.69 Å². The minimum Gasteiger partial charge on any atom is -0.481 e. The van der Waals surface area contributed by atoms with Gasteiger partial charge in [-0.2, -0.15) is 0 Å². The van der Waals surface area contributed by atoms with Crippen molar-refractivity contribution in [1.82, 2.24) is 19.9 Å². The van der Waals surface area contributed by atoms with Crippen molar-refractivity contribution >= 4 is 11.6 Å². The van der Waals surface area contributed by atoms with E-state index in [9.17, 15) is 4.79 Å². The van der Waals surface area contributed by atoms with Gasteiger partial charge in [0.15, 0.2) is 0 Å². The number of carbonyl (C=O) groups is 1. The molecule has 4 rings (SSSR count). The SMILES string of the molecule is COc1ccc(N2CCN(C(=O)c3cccc(-c4cncnc4)c3)CC2)cn1. The summed E-state index contributed by atoms with van der Waals surface area (Å²) in [6.07, 6.45) is 6.80. The number of aromatic nitrogens is 3. The third-order valence-electron chi connectivity index (χ3n) is 4.87. The molecule has 2 aromatic heterocycles. The maximum atomic E-state index is 13.0. The zero-order valence-corrected chi connectivity index (χ0v) is 15.7. The normalized spacial score (nSPS) is 14.0. The van der Waals surface area contributed by atoms with Gasteiger partial charge in [-0.1, -0.05) is 12.1 Å². The summed E-state index contributed by atoms with van der Waals surface area (Å²) in [6.45, 7) is 2.88. The molecule has 0 bridgehead atoms. The molecule has 1 aliphatic rings. The molecule has 1 aromatic carbocycles. The van der Waals surface area contributed by atoms with Crippen LogP contribution >= 0.6 is 0 Å². The zero-order chi connectivity index (χ0) is 19.3. The second-order valence-corrected chi connectivity index (χ2v) is 6.55. The zero-order valence-electron chi connectivity index (χ0n) is 15.7. The Bertz CT molecular complexity index is 939. The van der Waals surface area contributed by atoms with Crippen LogP contribution < -0.4 is 9.64 Å². The Kier molecular flexibility index (Phi) is 5.14. The Morgan fingerprint density at radius 1 is 0.964 bits per heavy atom. The Labute approximate surface area is 163 Å². The Hall–Kier alpha value is -3.48. The van der Waals surface area contributed by atoms with E-state index in [1.165, 1.54) is 6.33 Å². The van der Waals surface area contributed by atoms with Gasteiger partial charge in [0.1, 0.15) is 6.33 Å². The number of rotatable bonds is 4. The number of amides is 1. The molecule has 3 heterocycles. The van der Waals surface area contributed by atoms with E-state index in [2.05, 4.69) is 19.9 Å². The van der Waals surface area contributed by atoms with Crippen LogP contribution in [0.2, 0.25) is 0 Å². The van der Waals surface area contributed by atoms with Crippen molar-refractivity contribution in [2.45, 2.75) is 0 Å². The summed E-state index contributed by atoms with van der Waals surface area (Å²) < 4.78 is 5.11. The molecular weight excluding hydrogens is 354 g/mol. The number of methoxy groups -OCH3 is 1. The standard InChI is InChI=1S/C21H21N5O2/c1-28-20-6-5-19(14-24-20)25-7-9-26(10-8-25)21(27)17-4-2-3-16(11-17)18-12-22-15-23-13-18/h2-6,11-15H,7-10H2,1H3. The van der Waals surface area contributed by atoms with Gasteiger partial charge in [-0.25, -0.2) is 15.0 Å². The quantitative estimate of drug-likeness (QED) is 0.698. The lowest BCUT2D eigenvalue weighted by molar-refractivity contribution is 0.0747. The molecule has 0 atom stereocenters. The predicted octanol–water partition coefficient (Wildman–Crippen LogP) is 2.51. The number of piperazine rings is 1. The maximum absolute atomic E-state index is 13.0. The summed E-state index contributed by atoms with van der Waals surface area (Å²) >= 11 is 0. The van der Waals surface area contributed by atoms with Crippen molar-refractivity contribution in [3.05, 3.63) is 66.9 Å². The van der Waals surface area contributed by atoms with E-state index >= 15 is 0 Å². The fraction of sp³-hybridized carbons (Fsp3) is 0.238. The third-order valence-corrected chi connectivity index (χ3v) is 4.87. The monoisotopic (exact) mass is 375 g/mol. The summed E-state index contributed by atoms with van der Waals surface area (Å²) in [5.41, 5.74) is 3.56. The molecule has 1 amide bonds. The molecule has 0 saturated carbocycles. The highest BCUT2D eigenvalue weighted by Crippen LogP contribution is 2.21. The minimum atomic E-state index is 0.0474. The topological polar surface area (TPSA) is 71.5 Å². The molecule has 1 fully saturated rings. The Morgan fingerprint density at radius 3 is 2.43 bits per heavy atom. The first-order chi connectivity index (χ1) is 13.7. The molecule has 7 heteroatoms. The summed E-state index contributed by atoms with van der Waals surface area (Å²) in [7, 11) is 1.60. The van der Waals surface area contributed by atoms with Gasteiger partial charge >= 0.3 is 0 Å². The van der Waals surface area contributed by atoms with Crippen molar-refractivity contribution in [2.24, 2.45) is 0 Å². The number of hydrogen-bond acceptors (Lipinski definition) is 6. The van der Waals surface area contributed by atoms with Crippen LogP contribution in [0.15, 0.2) is 61.3 Å². The number of anilines is 1. The van der Waals surface area contributed by atoms with Crippen LogP contribution in [0.5, 0.6) is 5.88 Å². The van der Waals surface area contributed by atoms with Crippen LogP contribution in [-0.2, 0) is 0 Å². The summed E-state index contributed by atoms with van der Waals surface area (Å²) in [6, 6.07) is 11.5. The highest BCUT2D eigenvalue weighted by atomic mass is 16.5. The Morgan fingerprint density at radius 2 is 1.75 bits per heavy atom.